The molecule has 0 spiro atoms. The van der Waals surface area contributed by atoms with Crippen molar-refractivity contribution < 1.29 is 14.3 Å². The van der Waals surface area contributed by atoms with E-state index in [1.54, 1.807) is 6.20 Å². The van der Waals surface area contributed by atoms with Gasteiger partial charge in [0.1, 0.15) is 12.4 Å². The van der Waals surface area contributed by atoms with Crippen molar-refractivity contribution in [2.45, 2.75) is 19.4 Å². The third-order valence-corrected chi connectivity index (χ3v) is 4.53. The van der Waals surface area contributed by atoms with Crippen molar-refractivity contribution in [3.8, 4) is 5.75 Å². The second-order valence-corrected chi connectivity index (χ2v) is 6.19. The van der Waals surface area contributed by atoms with Crippen LogP contribution in [-0.4, -0.2) is 30.6 Å². The summed E-state index contributed by atoms with van der Waals surface area (Å²) in [4.78, 5) is 16.9. The van der Waals surface area contributed by atoms with Gasteiger partial charge in [-0.3, -0.25) is 9.78 Å². The second kappa shape index (κ2) is 11.1. The zero-order valence-electron chi connectivity index (χ0n) is 14.9. The van der Waals surface area contributed by atoms with Crippen LogP contribution in [-0.2, 0) is 16.1 Å². The van der Waals surface area contributed by atoms with Crippen molar-refractivity contribution in [3.63, 3.8) is 0 Å². The van der Waals surface area contributed by atoms with Crippen LogP contribution in [0.5, 0.6) is 5.75 Å². The zero-order valence-corrected chi connectivity index (χ0v) is 16.6. The number of carbonyl (C=O) groups excluding carboxylic acids is 1. The lowest BCUT2D eigenvalue weighted by Crippen LogP contribution is -2.46. The summed E-state index contributed by atoms with van der Waals surface area (Å²) in [6.45, 7) is 1.83. The average Bonchev–Trinajstić information content (AvgIpc) is 2.68. The molecule has 0 aliphatic carbocycles. The van der Waals surface area contributed by atoms with Crippen LogP contribution in [0.2, 0.25) is 0 Å². The van der Waals surface area contributed by atoms with Crippen LogP contribution >= 0.6 is 24.8 Å². The Morgan fingerprint density at radius 3 is 2.63 bits per heavy atom. The number of aromatic nitrogens is 1. The van der Waals surface area contributed by atoms with Gasteiger partial charge in [-0.05, 0) is 37.1 Å². The quantitative estimate of drug-likeness (QED) is 0.758. The summed E-state index contributed by atoms with van der Waals surface area (Å²) in [7, 11) is 0. The predicted octanol–water partition coefficient (Wildman–Crippen LogP) is 3.20. The van der Waals surface area contributed by atoms with E-state index >= 15 is 0 Å². The summed E-state index contributed by atoms with van der Waals surface area (Å²) in [6.07, 6.45) is 3.02. The maximum atomic E-state index is 12.7. The molecule has 1 aromatic carbocycles. The monoisotopic (exact) mass is 413 g/mol. The molecule has 1 fully saturated rings. The van der Waals surface area contributed by atoms with Crippen LogP contribution < -0.4 is 15.8 Å². The minimum atomic E-state index is -0.553. The van der Waals surface area contributed by atoms with Crippen molar-refractivity contribution in [1.82, 2.24) is 4.98 Å². The van der Waals surface area contributed by atoms with Crippen LogP contribution in [0.4, 0.5) is 5.69 Å². The van der Waals surface area contributed by atoms with Gasteiger partial charge in [-0.15, -0.1) is 24.8 Å². The smallest absolute Gasteiger partial charge is 0.232 e. The lowest BCUT2D eigenvalue weighted by molar-refractivity contribution is -0.130. The SMILES string of the molecule is Cl.Cl.NCC1(C(=O)Nc2cccc(OCc3ccccn3)c2)CCOCC1. The molecule has 0 radical (unpaired) electrons. The van der Waals surface area contributed by atoms with Gasteiger partial charge in [0.2, 0.25) is 5.91 Å². The maximum Gasteiger partial charge on any atom is 0.232 e. The van der Waals surface area contributed by atoms with E-state index in [1.807, 2.05) is 42.5 Å². The van der Waals surface area contributed by atoms with Crippen LogP contribution in [0.1, 0.15) is 18.5 Å². The predicted molar refractivity (Wildman–Crippen MR) is 110 cm³/mol. The number of carbonyl (C=O) groups is 1. The summed E-state index contributed by atoms with van der Waals surface area (Å²) < 4.78 is 11.1. The van der Waals surface area contributed by atoms with E-state index in [1.165, 1.54) is 0 Å². The number of benzene rings is 1. The third kappa shape index (κ3) is 6.07. The van der Waals surface area contributed by atoms with Crippen LogP contribution in [0, 0.1) is 5.41 Å². The van der Waals surface area contributed by atoms with Crippen molar-refractivity contribution in [1.29, 1.82) is 0 Å². The standard InChI is InChI=1S/C19H23N3O3.2ClH/c20-14-19(7-10-24-11-8-19)18(23)22-15-5-3-6-17(12-15)25-13-16-4-1-2-9-21-16;;/h1-6,9,12H,7-8,10-11,13-14,20H2,(H,22,23);2*1H. The summed E-state index contributed by atoms with van der Waals surface area (Å²) in [5.74, 6) is 0.623. The van der Waals surface area contributed by atoms with Gasteiger partial charge >= 0.3 is 0 Å². The molecule has 1 aromatic heterocycles. The number of nitrogens with one attached hydrogen (secondary N) is 1. The fourth-order valence-corrected chi connectivity index (χ4v) is 2.85. The van der Waals surface area contributed by atoms with E-state index in [2.05, 4.69) is 10.3 Å². The molecule has 8 heteroatoms. The summed E-state index contributed by atoms with van der Waals surface area (Å²) in [6, 6.07) is 13.0. The van der Waals surface area contributed by atoms with Gasteiger partial charge < -0.3 is 20.5 Å². The first kappa shape index (κ1) is 23.2. The molecular formula is C19H25Cl2N3O3. The molecule has 0 bridgehead atoms. The molecule has 2 heterocycles. The summed E-state index contributed by atoms with van der Waals surface area (Å²) in [5.41, 5.74) is 6.88. The molecule has 1 aliphatic rings. The van der Waals surface area contributed by atoms with Gasteiger partial charge in [0.15, 0.2) is 0 Å². The Bertz CT molecular complexity index is 710. The Morgan fingerprint density at radius 2 is 1.96 bits per heavy atom. The lowest BCUT2D eigenvalue weighted by atomic mass is 9.79. The van der Waals surface area contributed by atoms with Crippen molar-refractivity contribution in [3.05, 3.63) is 54.4 Å². The van der Waals surface area contributed by atoms with E-state index in [0.29, 0.717) is 50.6 Å². The molecule has 148 valence electrons. The molecule has 3 N–H and O–H groups in total. The number of amides is 1. The maximum absolute atomic E-state index is 12.7. The first-order chi connectivity index (χ1) is 12.2. The van der Waals surface area contributed by atoms with Crippen molar-refractivity contribution >= 4 is 36.4 Å². The number of anilines is 1. The fraction of sp³-hybridized carbons (Fsp3) is 0.368. The number of nitrogens with two attached hydrogens (primary N) is 1. The van der Waals surface area contributed by atoms with Gasteiger partial charge in [0.25, 0.3) is 0 Å². The highest BCUT2D eigenvalue weighted by molar-refractivity contribution is 5.95. The molecule has 2 aromatic rings. The Hall–Kier alpha value is -1.86. The first-order valence-electron chi connectivity index (χ1n) is 8.44. The van der Waals surface area contributed by atoms with Crippen LogP contribution in [0.15, 0.2) is 48.7 Å². The van der Waals surface area contributed by atoms with Gasteiger partial charge in [0, 0.05) is 37.7 Å². The van der Waals surface area contributed by atoms with E-state index in [4.69, 9.17) is 15.2 Å². The molecule has 0 saturated carbocycles. The number of hydrogen-bond donors (Lipinski definition) is 2. The van der Waals surface area contributed by atoms with Gasteiger partial charge in [0.05, 0.1) is 11.1 Å². The number of pyridine rings is 1. The largest absolute Gasteiger partial charge is 0.487 e. The molecule has 3 rings (SSSR count). The minimum Gasteiger partial charge on any atom is -0.487 e. The lowest BCUT2D eigenvalue weighted by Gasteiger charge is -2.34. The fourth-order valence-electron chi connectivity index (χ4n) is 2.85. The topological polar surface area (TPSA) is 86.5 Å². The minimum absolute atomic E-state index is 0. The normalized spacial score (nSPS) is 15.0. The summed E-state index contributed by atoms with van der Waals surface area (Å²) in [5, 5.41) is 2.97. The highest BCUT2D eigenvalue weighted by Crippen LogP contribution is 2.31. The second-order valence-electron chi connectivity index (χ2n) is 6.19. The van der Waals surface area contributed by atoms with Crippen molar-refractivity contribution in [2.24, 2.45) is 11.1 Å². The Kier molecular flexibility index (Phi) is 9.52. The number of halogens is 2. The summed E-state index contributed by atoms with van der Waals surface area (Å²) >= 11 is 0. The van der Waals surface area contributed by atoms with Gasteiger partial charge in [-0.1, -0.05) is 12.1 Å². The van der Waals surface area contributed by atoms with E-state index in [-0.39, 0.29) is 30.7 Å². The molecule has 0 unspecified atom stereocenters. The molecule has 0 atom stereocenters. The molecule has 1 saturated heterocycles. The number of ether oxygens (including phenoxy) is 2. The van der Waals surface area contributed by atoms with Gasteiger partial charge in [-0.2, -0.15) is 0 Å². The molecule has 6 nitrogen and oxygen atoms in total. The number of rotatable bonds is 6. The molecule has 27 heavy (non-hydrogen) atoms. The van der Waals surface area contributed by atoms with Crippen molar-refractivity contribution in [2.75, 3.05) is 25.1 Å². The van der Waals surface area contributed by atoms with Crippen LogP contribution in [0.3, 0.4) is 0 Å². The van der Waals surface area contributed by atoms with E-state index in [0.717, 1.165) is 5.69 Å². The van der Waals surface area contributed by atoms with Gasteiger partial charge in [-0.25, -0.2) is 0 Å². The zero-order chi connectivity index (χ0) is 17.5. The Balaban J connectivity index is 0.00000182. The first-order valence-corrected chi connectivity index (χ1v) is 8.44. The average molecular weight is 414 g/mol. The molecular weight excluding hydrogens is 389 g/mol. The molecule has 1 amide bonds. The highest BCUT2D eigenvalue weighted by atomic mass is 35.5. The Morgan fingerprint density at radius 1 is 1.19 bits per heavy atom. The van der Waals surface area contributed by atoms with E-state index in [9.17, 15) is 4.79 Å². The van der Waals surface area contributed by atoms with Crippen LogP contribution in [0.25, 0.3) is 0 Å². The Labute approximate surface area is 171 Å². The number of nitrogens with zero attached hydrogens (tertiary/aromatic N) is 1. The molecule has 1 aliphatic heterocycles. The highest BCUT2D eigenvalue weighted by Gasteiger charge is 2.38. The third-order valence-electron chi connectivity index (χ3n) is 4.53. The van der Waals surface area contributed by atoms with E-state index < -0.39 is 5.41 Å². The number of hydrogen-bond acceptors (Lipinski definition) is 5.